The van der Waals surface area contributed by atoms with Crippen LogP contribution in [-0.4, -0.2) is 29.9 Å². The van der Waals surface area contributed by atoms with Gasteiger partial charge < -0.3 is 5.32 Å². The molecular formula is C25H25ClN6O. The van der Waals surface area contributed by atoms with Gasteiger partial charge in [0.1, 0.15) is 0 Å². The van der Waals surface area contributed by atoms with Crippen LogP contribution in [0.5, 0.6) is 0 Å². The number of aromatic nitrogens is 5. The second kappa shape index (κ2) is 8.83. The van der Waals surface area contributed by atoms with Crippen LogP contribution >= 0.6 is 11.6 Å². The van der Waals surface area contributed by atoms with Crippen LogP contribution in [0.4, 0.5) is 5.82 Å². The number of carbonyl (C=O) groups excluding carboxylic acids is 1. The largest absolute Gasteiger partial charge is 0.361 e. The fourth-order valence-electron chi connectivity index (χ4n) is 3.93. The van der Waals surface area contributed by atoms with Crippen molar-refractivity contribution in [2.45, 2.75) is 32.7 Å². The van der Waals surface area contributed by atoms with Crippen molar-refractivity contribution in [3.05, 3.63) is 70.9 Å². The highest BCUT2D eigenvalue weighted by Gasteiger charge is 2.26. The monoisotopic (exact) mass is 460 g/mol. The fraction of sp³-hybridized carbons (Fsp3) is 0.280. The van der Waals surface area contributed by atoms with Gasteiger partial charge in [-0.3, -0.25) is 13.9 Å². The smallest absolute Gasteiger partial charge is 0.180 e. The van der Waals surface area contributed by atoms with Gasteiger partial charge in [-0.1, -0.05) is 23.7 Å². The molecule has 0 amide bonds. The van der Waals surface area contributed by atoms with E-state index in [2.05, 4.69) is 15.4 Å². The van der Waals surface area contributed by atoms with Gasteiger partial charge in [0, 0.05) is 37.0 Å². The third kappa shape index (κ3) is 4.41. The second-order valence-electron chi connectivity index (χ2n) is 8.42. The zero-order valence-electron chi connectivity index (χ0n) is 18.6. The van der Waals surface area contributed by atoms with Crippen LogP contribution in [-0.2, 0) is 13.6 Å². The van der Waals surface area contributed by atoms with Crippen LogP contribution in [0.15, 0.2) is 48.9 Å². The Labute approximate surface area is 197 Å². The molecule has 0 aliphatic heterocycles. The van der Waals surface area contributed by atoms with Gasteiger partial charge in [-0.2, -0.15) is 5.10 Å². The summed E-state index contributed by atoms with van der Waals surface area (Å²) >= 11 is 6.54. The number of Topliss-reactive ketones (excluding diaryl/α,β-unsaturated/α-hetero) is 1. The van der Waals surface area contributed by atoms with Gasteiger partial charge in [-0.25, -0.2) is 9.97 Å². The van der Waals surface area contributed by atoms with Crippen molar-refractivity contribution in [3.63, 3.8) is 0 Å². The van der Waals surface area contributed by atoms with Crippen molar-refractivity contribution in [1.82, 2.24) is 24.1 Å². The molecule has 1 aliphatic carbocycles. The highest BCUT2D eigenvalue weighted by molar-refractivity contribution is 6.34. The van der Waals surface area contributed by atoms with Crippen molar-refractivity contribution in [2.75, 3.05) is 5.32 Å². The molecule has 3 aromatic heterocycles. The number of nitrogens with one attached hydrogen (secondary N) is 1. The first-order chi connectivity index (χ1) is 16.0. The Hall–Kier alpha value is -3.45. The summed E-state index contributed by atoms with van der Waals surface area (Å²) in [5.74, 6) is 1.33. The van der Waals surface area contributed by atoms with Gasteiger partial charge in [0.05, 0.1) is 34.8 Å². The van der Waals surface area contributed by atoms with Gasteiger partial charge in [-0.15, -0.1) is 0 Å². The number of aryl methyl sites for hydroxylation is 1. The number of hydrogen-bond donors (Lipinski definition) is 1. The van der Waals surface area contributed by atoms with E-state index < -0.39 is 0 Å². The number of halogens is 1. The molecule has 4 aromatic rings. The van der Waals surface area contributed by atoms with E-state index in [1.807, 2.05) is 71.9 Å². The molecular weight excluding hydrogens is 436 g/mol. The van der Waals surface area contributed by atoms with E-state index in [0.717, 1.165) is 35.5 Å². The minimum absolute atomic E-state index is 0.119. The Morgan fingerprint density at radius 2 is 2.15 bits per heavy atom. The lowest BCUT2D eigenvalue weighted by molar-refractivity contribution is 0.0976. The van der Waals surface area contributed by atoms with Crippen LogP contribution < -0.4 is 5.32 Å². The SMILES string of the molecule is C/C=C/c1cn2c(-c3ccc(C(=O)CC4CC4)c(Cl)c3)cnc2c(NCc2ccnn2C)n1. The number of anilines is 1. The Kier molecular flexibility index (Phi) is 5.72. The summed E-state index contributed by atoms with van der Waals surface area (Å²) in [5, 5.41) is 8.09. The summed E-state index contributed by atoms with van der Waals surface area (Å²) in [6.07, 6.45) is 12.3. The van der Waals surface area contributed by atoms with Crippen molar-refractivity contribution < 1.29 is 4.79 Å². The maximum absolute atomic E-state index is 12.5. The fourth-order valence-corrected chi connectivity index (χ4v) is 4.22. The van der Waals surface area contributed by atoms with E-state index in [0.29, 0.717) is 40.9 Å². The Morgan fingerprint density at radius 3 is 2.85 bits per heavy atom. The molecule has 0 spiro atoms. The lowest BCUT2D eigenvalue weighted by Crippen LogP contribution is -2.08. The third-order valence-electron chi connectivity index (χ3n) is 5.94. The summed E-state index contributed by atoms with van der Waals surface area (Å²) in [6, 6.07) is 7.58. The first kappa shape index (κ1) is 21.4. The summed E-state index contributed by atoms with van der Waals surface area (Å²) in [5.41, 5.74) is 4.92. The van der Waals surface area contributed by atoms with Gasteiger partial charge in [0.25, 0.3) is 0 Å². The predicted molar refractivity (Wildman–Crippen MR) is 130 cm³/mol. The molecule has 1 aliphatic rings. The second-order valence-corrected chi connectivity index (χ2v) is 8.82. The Bertz CT molecular complexity index is 1360. The summed E-state index contributed by atoms with van der Waals surface area (Å²) < 4.78 is 3.83. The molecule has 0 atom stereocenters. The van der Waals surface area contributed by atoms with Gasteiger partial charge in [0.2, 0.25) is 0 Å². The van der Waals surface area contributed by atoms with Crippen molar-refractivity contribution in [3.8, 4) is 11.3 Å². The molecule has 0 bridgehead atoms. The third-order valence-corrected chi connectivity index (χ3v) is 6.26. The average Bonchev–Trinajstić information content (AvgIpc) is 3.35. The number of nitrogens with zero attached hydrogens (tertiary/aromatic N) is 5. The molecule has 1 N–H and O–H groups in total. The summed E-state index contributed by atoms with van der Waals surface area (Å²) in [6.45, 7) is 2.53. The van der Waals surface area contributed by atoms with E-state index in [4.69, 9.17) is 16.6 Å². The molecule has 1 fully saturated rings. The summed E-state index contributed by atoms with van der Waals surface area (Å²) in [4.78, 5) is 21.9. The molecule has 1 aromatic carbocycles. The quantitative estimate of drug-likeness (QED) is 0.356. The van der Waals surface area contributed by atoms with E-state index in [9.17, 15) is 4.79 Å². The molecule has 7 nitrogen and oxygen atoms in total. The zero-order valence-corrected chi connectivity index (χ0v) is 19.4. The molecule has 3 heterocycles. The number of imidazole rings is 1. The summed E-state index contributed by atoms with van der Waals surface area (Å²) in [7, 11) is 1.91. The standard InChI is InChI=1S/C25H25ClN6O/c1-3-4-18-15-32-22(17-7-8-20(21(26)12-17)23(33)11-16-5-6-16)14-28-25(32)24(30-18)27-13-19-9-10-29-31(19)2/h3-4,7-10,12,14-16H,5-6,11,13H2,1-2H3,(H,27,30)/b4-3+. The molecule has 5 rings (SSSR count). The van der Waals surface area contributed by atoms with E-state index in [1.165, 1.54) is 0 Å². The van der Waals surface area contributed by atoms with E-state index in [1.54, 1.807) is 6.20 Å². The van der Waals surface area contributed by atoms with Crippen LogP contribution in [0.1, 0.15) is 47.9 Å². The molecule has 0 saturated heterocycles. The normalized spacial score (nSPS) is 13.8. The Balaban J connectivity index is 1.51. The van der Waals surface area contributed by atoms with Crippen molar-refractivity contribution >= 4 is 34.9 Å². The molecule has 8 heteroatoms. The maximum atomic E-state index is 12.5. The maximum Gasteiger partial charge on any atom is 0.180 e. The van der Waals surface area contributed by atoms with Crippen LogP contribution in [0, 0.1) is 5.92 Å². The number of fused-ring (bicyclic) bond motifs is 1. The van der Waals surface area contributed by atoms with Gasteiger partial charge in [-0.05, 0) is 50.0 Å². The molecule has 33 heavy (non-hydrogen) atoms. The number of allylic oxidation sites excluding steroid dienone is 1. The minimum Gasteiger partial charge on any atom is -0.361 e. The first-order valence-corrected chi connectivity index (χ1v) is 11.5. The van der Waals surface area contributed by atoms with Crippen LogP contribution in [0.25, 0.3) is 23.0 Å². The van der Waals surface area contributed by atoms with Crippen LogP contribution in [0.3, 0.4) is 0 Å². The van der Waals surface area contributed by atoms with E-state index >= 15 is 0 Å². The molecule has 1 saturated carbocycles. The molecule has 0 unspecified atom stereocenters. The lowest BCUT2D eigenvalue weighted by atomic mass is 10.0. The molecule has 0 radical (unpaired) electrons. The van der Waals surface area contributed by atoms with Crippen molar-refractivity contribution in [2.24, 2.45) is 13.0 Å². The number of rotatable bonds is 8. The highest BCUT2D eigenvalue weighted by atomic mass is 35.5. The number of benzene rings is 1. The minimum atomic E-state index is 0.119. The van der Waals surface area contributed by atoms with Crippen LogP contribution in [0.2, 0.25) is 5.02 Å². The first-order valence-electron chi connectivity index (χ1n) is 11.1. The average molecular weight is 461 g/mol. The lowest BCUT2D eigenvalue weighted by Gasteiger charge is -2.11. The van der Waals surface area contributed by atoms with Crippen molar-refractivity contribution in [1.29, 1.82) is 0 Å². The van der Waals surface area contributed by atoms with Gasteiger partial charge in [0.15, 0.2) is 17.2 Å². The molecule has 168 valence electrons. The predicted octanol–water partition coefficient (Wildman–Crippen LogP) is 5.41. The Morgan fingerprint density at radius 1 is 1.30 bits per heavy atom. The number of ketones is 1. The highest BCUT2D eigenvalue weighted by Crippen LogP contribution is 2.35. The van der Waals surface area contributed by atoms with Gasteiger partial charge >= 0.3 is 0 Å². The number of hydrogen-bond acceptors (Lipinski definition) is 5. The number of carbonyl (C=O) groups is 1. The van der Waals surface area contributed by atoms with E-state index in [-0.39, 0.29) is 5.78 Å². The topological polar surface area (TPSA) is 77.1 Å². The zero-order chi connectivity index (χ0) is 22.9.